The van der Waals surface area contributed by atoms with Gasteiger partial charge in [-0.2, -0.15) is 0 Å². The van der Waals surface area contributed by atoms with Gasteiger partial charge in [0, 0.05) is 0 Å². The molecule has 1 nitrogen and oxygen atoms in total. The monoisotopic (exact) mass is 241 g/mol. The van der Waals surface area contributed by atoms with Gasteiger partial charge >= 0.3 is 0 Å². The lowest BCUT2D eigenvalue weighted by Gasteiger charge is -2.07. The Morgan fingerprint density at radius 3 is 2.61 bits per heavy atom. The summed E-state index contributed by atoms with van der Waals surface area (Å²) < 4.78 is 0. The Morgan fingerprint density at radius 1 is 0.889 bits per heavy atom. The summed E-state index contributed by atoms with van der Waals surface area (Å²) >= 11 is 0. The highest BCUT2D eigenvalue weighted by Gasteiger charge is 1.99. The van der Waals surface area contributed by atoms with E-state index in [1.165, 1.54) is 42.0 Å². The summed E-state index contributed by atoms with van der Waals surface area (Å²) in [4.78, 5) is 0. The molecule has 2 aromatic carbocycles. The van der Waals surface area contributed by atoms with Crippen LogP contribution in [-0.4, -0.2) is 13.1 Å². The van der Waals surface area contributed by atoms with Crippen molar-refractivity contribution in [1.82, 2.24) is 5.32 Å². The van der Waals surface area contributed by atoms with E-state index >= 15 is 0 Å². The summed E-state index contributed by atoms with van der Waals surface area (Å²) in [5, 5.41) is 6.24. The van der Waals surface area contributed by atoms with Crippen LogP contribution in [0.2, 0.25) is 0 Å². The lowest BCUT2D eigenvalue weighted by atomic mass is 10.0. The Hall–Kier alpha value is -1.34. The van der Waals surface area contributed by atoms with Gasteiger partial charge < -0.3 is 5.32 Å². The summed E-state index contributed by atoms with van der Waals surface area (Å²) in [7, 11) is 0. The molecule has 1 N–H and O–H groups in total. The summed E-state index contributed by atoms with van der Waals surface area (Å²) in [6.07, 6.45) is 4.95. The fourth-order valence-corrected chi connectivity index (χ4v) is 2.38. The topological polar surface area (TPSA) is 12.0 Å². The fraction of sp³-hybridized carbons (Fsp3) is 0.412. The third kappa shape index (κ3) is 3.58. The highest BCUT2D eigenvalue weighted by atomic mass is 14.8. The minimum absolute atomic E-state index is 1.15. The maximum absolute atomic E-state index is 3.46. The largest absolute Gasteiger partial charge is 0.317 e. The van der Waals surface area contributed by atoms with Gasteiger partial charge in [0.2, 0.25) is 0 Å². The Labute approximate surface area is 110 Å². The number of fused-ring (bicyclic) bond motifs is 1. The molecule has 0 unspecified atom stereocenters. The number of unbranched alkanes of at least 4 members (excludes halogenated alkanes) is 1. The van der Waals surface area contributed by atoms with Crippen LogP contribution >= 0.6 is 0 Å². The zero-order valence-corrected chi connectivity index (χ0v) is 11.3. The fourth-order valence-electron chi connectivity index (χ4n) is 2.38. The van der Waals surface area contributed by atoms with Crippen LogP contribution in [0.1, 0.15) is 31.7 Å². The van der Waals surface area contributed by atoms with Gasteiger partial charge in [-0.15, -0.1) is 0 Å². The zero-order valence-electron chi connectivity index (χ0n) is 11.3. The van der Waals surface area contributed by atoms with Crippen LogP contribution in [0.3, 0.4) is 0 Å². The normalized spacial score (nSPS) is 10.9. The second kappa shape index (κ2) is 7.17. The number of nitrogens with one attached hydrogen (secondary N) is 1. The molecule has 1 heteroatoms. The second-order valence-electron chi connectivity index (χ2n) is 4.85. The van der Waals surface area contributed by atoms with E-state index < -0.39 is 0 Å². The van der Waals surface area contributed by atoms with Gasteiger partial charge in [-0.3, -0.25) is 0 Å². The number of rotatable bonds is 7. The molecule has 0 fully saturated rings. The van der Waals surface area contributed by atoms with E-state index in [-0.39, 0.29) is 0 Å². The van der Waals surface area contributed by atoms with Crippen LogP contribution in [0.4, 0.5) is 0 Å². The van der Waals surface area contributed by atoms with E-state index in [2.05, 4.69) is 54.7 Å². The van der Waals surface area contributed by atoms with Crippen LogP contribution in [0.15, 0.2) is 42.5 Å². The first-order valence-corrected chi connectivity index (χ1v) is 7.09. The summed E-state index contributed by atoms with van der Waals surface area (Å²) in [6, 6.07) is 15.3. The van der Waals surface area contributed by atoms with Crippen LogP contribution in [0.5, 0.6) is 0 Å². The molecule has 2 rings (SSSR count). The van der Waals surface area contributed by atoms with Crippen molar-refractivity contribution < 1.29 is 0 Å². The summed E-state index contributed by atoms with van der Waals surface area (Å²) in [5.41, 5.74) is 1.49. The lowest BCUT2D eigenvalue weighted by molar-refractivity contribution is 0.617. The second-order valence-corrected chi connectivity index (χ2v) is 4.85. The highest BCUT2D eigenvalue weighted by Crippen LogP contribution is 2.19. The minimum atomic E-state index is 1.15. The molecule has 0 aliphatic rings. The zero-order chi connectivity index (χ0) is 12.6. The van der Waals surface area contributed by atoms with Gasteiger partial charge in [0.15, 0.2) is 0 Å². The smallest absolute Gasteiger partial charge is 0.00488 e. The van der Waals surface area contributed by atoms with Crippen molar-refractivity contribution in [3.63, 3.8) is 0 Å². The number of hydrogen-bond donors (Lipinski definition) is 1. The molecule has 0 atom stereocenters. The molecule has 0 aliphatic heterocycles. The van der Waals surface area contributed by atoms with Crippen molar-refractivity contribution >= 4 is 10.8 Å². The van der Waals surface area contributed by atoms with Gasteiger partial charge in [-0.05, 0) is 55.1 Å². The maximum Gasteiger partial charge on any atom is -0.00488 e. The first-order chi connectivity index (χ1) is 8.92. The van der Waals surface area contributed by atoms with E-state index in [9.17, 15) is 0 Å². The summed E-state index contributed by atoms with van der Waals surface area (Å²) in [6.45, 7) is 4.51. The molecule has 0 bridgehead atoms. The standard InChI is InChI=1S/C17H23N/c1-2-13-18-14-6-5-9-16-11-7-10-15-8-3-4-12-17(15)16/h3-4,7-8,10-12,18H,2,5-6,9,13-14H2,1H3. The Kier molecular flexibility index (Phi) is 5.22. The lowest BCUT2D eigenvalue weighted by Crippen LogP contribution is -2.15. The molecular formula is C17H23N. The number of aryl methyl sites for hydroxylation is 1. The molecular weight excluding hydrogens is 218 g/mol. The van der Waals surface area contributed by atoms with Crippen molar-refractivity contribution in [2.75, 3.05) is 13.1 Å². The van der Waals surface area contributed by atoms with Crippen molar-refractivity contribution in [3.05, 3.63) is 48.0 Å². The van der Waals surface area contributed by atoms with Gasteiger partial charge in [0.25, 0.3) is 0 Å². The number of hydrogen-bond acceptors (Lipinski definition) is 1. The van der Waals surface area contributed by atoms with E-state index in [0.717, 1.165) is 13.1 Å². The minimum Gasteiger partial charge on any atom is -0.317 e. The molecule has 96 valence electrons. The van der Waals surface area contributed by atoms with Crippen molar-refractivity contribution in [3.8, 4) is 0 Å². The van der Waals surface area contributed by atoms with Crippen LogP contribution < -0.4 is 5.32 Å². The predicted molar refractivity (Wildman–Crippen MR) is 80.0 cm³/mol. The predicted octanol–water partition coefficient (Wildman–Crippen LogP) is 4.16. The Morgan fingerprint density at radius 2 is 1.72 bits per heavy atom. The molecule has 0 aliphatic carbocycles. The van der Waals surface area contributed by atoms with Crippen LogP contribution in [0, 0.1) is 0 Å². The van der Waals surface area contributed by atoms with E-state index in [0.29, 0.717) is 0 Å². The molecule has 0 aromatic heterocycles. The Bertz CT molecular complexity index is 470. The molecule has 0 spiro atoms. The Balaban J connectivity index is 1.88. The van der Waals surface area contributed by atoms with E-state index in [1.807, 2.05) is 0 Å². The first kappa shape index (κ1) is 13.1. The van der Waals surface area contributed by atoms with Gasteiger partial charge in [0.1, 0.15) is 0 Å². The third-order valence-corrected chi connectivity index (χ3v) is 3.36. The average Bonchev–Trinajstić information content (AvgIpc) is 2.43. The highest BCUT2D eigenvalue weighted by molar-refractivity contribution is 5.85. The third-order valence-electron chi connectivity index (χ3n) is 3.36. The quantitative estimate of drug-likeness (QED) is 0.718. The average molecular weight is 241 g/mol. The van der Waals surface area contributed by atoms with Crippen LogP contribution in [-0.2, 0) is 6.42 Å². The molecule has 0 saturated carbocycles. The molecule has 2 aromatic rings. The van der Waals surface area contributed by atoms with Crippen molar-refractivity contribution in [1.29, 1.82) is 0 Å². The molecule has 18 heavy (non-hydrogen) atoms. The van der Waals surface area contributed by atoms with E-state index in [1.54, 1.807) is 0 Å². The van der Waals surface area contributed by atoms with Crippen LogP contribution in [0.25, 0.3) is 10.8 Å². The van der Waals surface area contributed by atoms with Gasteiger partial charge in [-0.25, -0.2) is 0 Å². The first-order valence-electron chi connectivity index (χ1n) is 7.09. The van der Waals surface area contributed by atoms with Crippen molar-refractivity contribution in [2.45, 2.75) is 32.6 Å². The molecule has 0 heterocycles. The van der Waals surface area contributed by atoms with E-state index in [4.69, 9.17) is 0 Å². The number of benzene rings is 2. The maximum atomic E-state index is 3.46. The van der Waals surface area contributed by atoms with Crippen molar-refractivity contribution in [2.24, 2.45) is 0 Å². The molecule has 0 saturated heterocycles. The molecule has 0 amide bonds. The van der Waals surface area contributed by atoms with Gasteiger partial charge in [-0.1, -0.05) is 49.4 Å². The molecule has 0 radical (unpaired) electrons. The SMILES string of the molecule is CCCNCCCCc1cccc2ccccc12. The summed E-state index contributed by atoms with van der Waals surface area (Å²) in [5.74, 6) is 0. The van der Waals surface area contributed by atoms with Gasteiger partial charge in [0.05, 0.1) is 0 Å².